The summed E-state index contributed by atoms with van der Waals surface area (Å²) in [7, 11) is 0. The van der Waals surface area contributed by atoms with Crippen molar-refractivity contribution in [3.05, 3.63) is 58.5 Å². The van der Waals surface area contributed by atoms with E-state index in [1.807, 2.05) is 30.3 Å². The minimum absolute atomic E-state index is 0.0842. The average molecular weight is 395 g/mol. The summed E-state index contributed by atoms with van der Waals surface area (Å²) in [6.07, 6.45) is 9.30. The topological polar surface area (TPSA) is 67.2 Å². The number of nitrogens with zero attached hydrogens (tertiary/aromatic N) is 3. The highest BCUT2D eigenvalue weighted by Crippen LogP contribution is 2.24. The molecule has 1 aromatic carbocycles. The maximum absolute atomic E-state index is 12.5. The molecule has 2 fully saturated rings. The lowest BCUT2D eigenvalue weighted by Crippen LogP contribution is -2.46. The Morgan fingerprint density at radius 1 is 1.03 bits per heavy atom. The van der Waals surface area contributed by atoms with Gasteiger partial charge in [0.05, 0.1) is 18.4 Å². The molecule has 1 aromatic heterocycles. The van der Waals surface area contributed by atoms with Crippen LogP contribution in [-0.2, 0) is 11.3 Å². The van der Waals surface area contributed by atoms with Gasteiger partial charge in [0, 0.05) is 31.1 Å². The molecule has 1 amide bonds. The first-order valence-electron chi connectivity index (χ1n) is 10.9. The van der Waals surface area contributed by atoms with Gasteiger partial charge < -0.3 is 10.2 Å². The predicted octanol–water partition coefficient (Wildman–Crippen LogP) is 2.96. The average Bonchev–Trinajstić information content (AvgIpc) is 2.77. The number of aromatic nitrogens is 2. The number of hydrogen-bond acceptors (Lipinski definition) is 4. The number of carbonyl (C=O) groups is 1. The van der Waals surface area contributed by atoms with Crippen molar-refractivity contribution in [3.63, 3.8) is 0 Å². The van der Waals surface area contributed by atoms with Gasteiger partial charge in [0.2, 0.25) is 5.91 Å². The van der Waals surface area contributed by atoms with Crippen LogP contribution in [0.4, 0.5) is 5.69 Å². The second-order valence-corrected chi connectivity index (χ2v) is 8.30. The fourth-order valence-corrected chi connectivity index (χ4v) is 4.44. The highest BCUT2D eigenvalue weighted by molar-refractivity contribution is 5.79. The van der Waals surface area contributed by atoms with Crippen LogP contribution in [0.5, 0.6) is 0 Å². The third-order valence-electron chi connectivity index (χ3n) is 6.21. The number of nitrogens with one attached hydrogen (secondary N) is 1. The second kappa shape index (κ2) is 9.25. The Labute approximate surface area is 171 Å². The van der Waals surface area contributed by atoms with Crippen LogP contribution in [0.3, 0.4) is 0 Å². The van der Waals surface area contributed by atoms with Gasteiger partial charge >= 0.3 is 0 Å². The van der Waals surface area contributed by atoms with E-state index in [2.05, 4.69) is 15.3 Å². The zero-order valence-corrected chi connectivity index (χ0v) is 16.9. The van der Waals surface area contributed by atoms with Crippen molar-refractivity contribution in [1.82, 2.24) is 15.1 Å². The molecule has 1 aliphatic heterocycles. The van der Waals surface area contributed by atoms with Crippen molar-refractivity contribution in [3.8, 4) is 0 Å². The summed E-state index contributed by atoms with van der Waals surface area (Å²) in [5.41, 5.74) is 1.85. The van der Waals surface area contributed by atoms with Crippen molar-refractivity contribution in [2.24, 2.45) is 5.92 Å². The minimum Gasteiger partial charge on any atom is -0.370 e. The number of amides is 1. The van der Waals surface area contributed by atoms with Gasteiger partial charge in [-0.05, 0) is 31.2 Å². The molecular formula is C23H30N4O2. The van der Waals surface area contributed by atoms with E-state index in [9.17, 15) is 9.59 Å². The normalized spacial score (nSPS) is 18.6. The van der Waals surface area contributed by atoms with E-state index < -0.39 is 0 Å². The number of anilines is 1. The molecule has 0 radical (unpaired) electrons. The quantitative estimate of drug-likeness (QED) is 0.847. The maximum atomic E-state index is 12.5. The molecule has 1 N–H and O–H groups in total. The highest BCUT2D eigenvalue weighted by atomic mass is 16.2. The van der Waals surface area contributed by atoms with E-state index in [1.54, 1.807) is 12.3 Å². The SMILES string of the molecule is O=C(NC1CCN(c2cnn(Cc3ccccc3)c(=O)c2)CC1)C1CCCCC1. The molecule has 29 heavy (non-hydrogen) atoms. The van der Waals surface area contributed by atoms with Crippen molar-refractivity contribution in [2.75, 3.05) is 18.0 Å². The molecule has 0 unspecified atom stereocenters. The van der Waals surface area contributed by atoms with Crippen molar-refractivity contribution in [1.29, 1.82) is 0 Å². The fourth-order valence-electron chi connectivity index (χ4n) is 4.44. The van der Waals surface area contributed by atoms with Crippen LogP contribution in [0.25, 0.3) is 0 Å². The Hall–Kier alpha value is -2.63. The monoisotopic (exact) mass is 394 g/mol. The van der Waals surface area contributed by atoms with Crippen LogP contribution < -0.4 is 15.8 Å². The highest BCUT2D eigenvalue weighted by Gasteiger charge is 2.26. The zero-order valence-electron chi connectivity index (χ0n) is 16.9. The largest absolute Gasteiger partial charge is 0.370 e. The molecule has 2 aromatic rings. The molecule has 0 spiro atoms. The van der Waals surface area contributed by atoms with Crippen molar-refractivity contribution >= 4 is 11.6 Å². The van der Waals surface area contributed by atoms with E-state index in [4.69, 9.17) is 0 Å². The van der Waals surface area contributed by atoms with Gasteiger partial charge in [-0.1, -0.05) is 49.6 Å². The van der Waals surface area contributed by atoms with E-state index in [-0.39, 0.29) is 23.4 Å². The Morgan fingerprint density at radius 2 is 1.76 bits per heavy atom. The number of carbonyl (C=O) groups excluding carboxylic acids is 1. The molecule has 6 nitrogen and oxygen atoms in total. The van der Waals surface area contributed by atoms with Gasteiger partial charge in [-0.15, -0.1) is 0 Å². The molecule has 1 saturated heterocycles. The smallest absolute Gasteiger partial charge is 0.269 e. The molecular weight excluding hydrogens is 364 g/mol. The first-order valence-corrected chi connectivity index (χ1v) is 10.9. The summed E-state index contributed by atoms with van der Waals surface area (Å²) in [6, 6.07) is 11.8. The van der Waals surface area contributed by atoms with E-state index >= 15 is 0 Å². The minimum atomic E-state index is -0.0842. The third-order valence-corrected chi connectivity index (χ3v) is 6.21. The molecule has 4 rings (SSSR count). The van der Waals surface area contributed by atoms with E-state index in [0.29, 0.717) is 6.54 Å². The summed E-state index contributed by atoms with van der Waals surface area (Å²) in [6.45, 7) is 2.15. The number of piperidine rings is 1. The molecule has 2 aliphatic rings. The van der Waals surface area contributed by atoms with E-state index in [0.717, 1.165) is 50.0 Å². The Morgan fingerprint density at radius 3 is 2.45 bits per heavy atom. The fraction of sp³-hybridized carbons (Fsp3) is 0.522. The summed E-state index contributed by atoms with van der Waals surface area (Å²) in [4.78, 5) is 27.2. The van der Waals surface area contributed by atoms with Crippen molar-refractivity contribution in [2.45, 2.75) is 57.5 Å². The standard InChI is InChI=1S/C23H30N4O2/c28-22-15-21(16-24-27(22)17-18-7-3-1-4-8-18)26-13-11-20(12-14-26)25-23(29)19-9-5-2-6-10-19/h1,3-4,7-8,15-16,19-20H,2,5-6,9-14,17H2,(H,25,29). The molecule has 1 saturated carbocycles. The zero-order chi connectivity index (χ0) is 20.1. The Bertz CT molecular complexity index is 866. The van der Waals surface area contributed by atoms with Gasteiger partial charge in [-0.25, -0.2) is 4.68 Å². The van der Waals surface area contributed by atoms with E-state index in [1.165, 1.54) is 23.9 Å². The summed E-state index contributed by atoms with van der Waals surface area (Å²) in [5.74, 6) is 0.455. The molecule has 0 atom stereocenters. The number of rotatable bonds is 5. The second-order valence-electron chi connectivity index (χ2n) is 8.30. The van der Waals surface area contributed by atoms with Gasteiger partial charge in [0.1, 0.15) is 0 Å². The van der Waals surface area contributed by atoms with Gasteiger partial charge in [0.15, 0.2) is 0 Å². The number of hydrogen-bond donors (Lipinski definition) is 1. The summed E-state index contributed by atoms with van der Waals surface area (Å²) < 4.78 is 1.50. The van der Waals surface area contributed by atoms with Gasteiger partial charge in [-0.2, -0.15) is 5.10 Å². The van der Waals surface area contributed by atoms with Crippen molar-refractivity contribution < 1.29 is 4.79 Å². The van der Waals surface area contributed by atoms with Crippen LogP contribution in [0, 0.1) is 5.92 Å². The first kappa shape index (κ1) is 19.7. The molecule has 0 bridgehead atoms. The molecule has 1 aliphatic carbocycles. The lowest BCUT2D eigenvalue weighted by molar-refractivity contribution is -0.126. The summed E-state index contributed by atoms with van der Waals surface area (Å²) >= 11 is 0. The Balaban J connectivity index is 1.31. The Kier molecular flexibility index (Phi) is 6.27. The molecule has 6 heteroatoms. The van der Waals surface area contributed by atoms with Crippen LogP contribution in [0.15, 0.2) is 47.4 Å². The lowest BCUT2D eigenvalue weighted by atomic mass is 9.88. The van der Waals surface area contributed by atoms with Crippen LogP contribution in [0.1, 0.15) is 50.5 Å². The first-order chi connectivity index (χ1) is 14.2. The van der Waals surface area contributed by atoms with Crippen LogP contribution >= 0.6 is 0 Å². The van der Waals surface area contributed by atoms with Crippen LogP contribution in [-0.4, -0.2) is 34.8 Å². The van der Waals surface area contributed by atoms with Gasteiger partial charge in [0.25, 0.3) is 5.56 Å². The maximum Gasteiger partial charge on any atom is 0.269 e. The lowest BCUT2D eigenvalue weighted by Gasteiger charge is -2.34. The summed E-state index contributed by atoms with van der Waals surface area (Å²) in [5, 5.41) is 7.63. The van der Waals surface area contributed by atoms with Gasteiger partial charge in [-0.3, -0.25) is 9.59 Å². The number of benzene rings is 1. The molecule has 2 heterocycles. The third kappa shape index (κ3) is 5.05. The predicted molar refractivity (Wildman–Crippen MR) is 114 cm³/mol. The molecule has 154 valence electrons. The van der Waals surface area contributed by atoms with Crippen LogP contribution in [0.2, 0.25) is 0 Å².